The van der Waals surface area contributed by atoms with Crippen molar-refractivity contribution in [2.45, 2.75) is 44.7 Å². The highest BCUT2D eigenvalue weighted by Gasteiger charge is 2.34. The number of piperazine rings is 1. The van der Waals surface area contributed by atoms with Gasteiger partial charge in [-0.2, -0.15) is 0 Å². The number of rotatable bonds is 7. The molecule has 0 radical (unpaired) electrons. The number of imidazole rings is 1. The van der Waals surface area contributed by atoms with E-state index in [2.05, 4.69) is 67.9 Å². The van der Waals surface area contributed by atoms with Crippen molar-refractivity contribution in [2.24, 2.45) is 5.73 Å². The fourth-order valence-electron chi connectivity index (χ4n) is 6.43. The van der Waals surface area contributed by atoms with Crippen molar-refractivity contribution < 1.29 is 4.79 Å². The van der Waals surface area contributed by atoms with Crippen LogP contribution in [-0.4, -0.2) is 62.4 Å². The highest BCUT2D eigenvalue weighted by molar-refractivity contribution is 5.85. The minimum absolute atomic E-state index is 0.0398. The second-order valence-electron chi connectivity index (χ2n) is 12.2. The number of benzene rings is 2. The Morgan fingerprint density at radius 2 is 1.68 bits per heavy atom. The SMILES string of the molecule is CC(=O)C(C)N1CCN(c2cccc(-c3ccc4nc(-c5cccnc5N)n(-c5ccc(C6(N)CCC6)cc5)c4n3)c2)CC1. The van der Waals surface area contributed by atoms with Crippen molar-refractivity contribution in [1.29, 1.82) is 0 Å². The van der Waals surface area contributed by atoms with E-state index in [9.17, 15) is 4.79 Å². The second-order valence-corrected chi connectivity index (χ2v) is 12.2. The molecule has 5 aromatic rings. The van der Waals surface area contributed by atoms with Crippen molar-refractivity contribution in [1.82, 2.24) is 24.4 Å². The summed E-state index contributed by atoms with van der Waals surface area (Å²) in [5.41, 5.74) is 20.2. The van der Waals surface area contributed by atoms with E-state index in [1.54, 1.807) is 13.1 Å². The minimum Gasteiger partial charge on any atom is -0.383 e. The summed E-state index contributed by atoms with van der Waals surface area (Å²) >= 11 is 0. The molecule has 0 spiro atoms. The van der Waals surface area contributed by atoms with Crippen molar-refractivity contribution in [3.63, 3.8) is 0 Å². The lowest BCUT2D eigenvalue weighted by Gasteiger charge is -2.38. The number of carbonyl (C=O) groups excluding carboxylic acids is 1. The first-order valence-electron chi connectivity index (χ1n) is 15.4. The zero-order valence-electron chi connectivity index (χ0n) is 25.3. The first kappa shape index (κ1) is 28.2. The van der Waals surface area contributed by atoms with Crippen LogP contribution in [0.4, 0.5) is 11.5 Å². The summed E-state index contributed by atoms with van der Waals surface area (Å²) in [6.45, 7) is 7.13. The van der Waals surface area contributed by atoms with Gasteiger partial charge in [-0.05, 0) is 87.2 Å². The molecule has 1 unspecified atom stereocenters. The van der Waals surface area contributed by atoms with Crippen LogP contribution in [0, 0.1) is 0 Å². The lowest BCUT2D eigenvalue weighted by molar-refractivity contribution is -0.121. The van der Waals surface area contributed by atoms with Gasteiger partial charge in [0.2, 0.25) is 0 Å². The molecule has 1 atom stereocenters. The number of hydrogen-bond donors (Lipinski definition) is 2. The Morgan fingerprint density at radius 1 is 0.909 bits per heavy atom. The van der Waals surface area contributed by atoms with Gasteiger partial charge in [0.25, 0.3) is 0 Å². The van der Waals surface area contributed by atoms with Gasteiger partial charge < -0.3 is 16.4 Å². The van der Waals surface area contributed by atoms with Crippen LogP contribution in [0.2, 0.25) is 0 Å². The van der Waals surface area contributed by atoms with Crippen LogP contribution in [0.25, 0.3) is 39.5 Å². The van der Waals surface area contributed by atoms with Crippen molar-refractivity contribution >= 4 is 28.5 Å². The Labute approximate surface area is 257 Å². The Hall–Kier alpha value is -4.60. The van der Waals surface area contributed by atoms with Gasteiger partial charge in [-0.3, -0.25) is 14.3 Å². The van der Waals surface area contributed by atoms with Crippen molar-refractivity contribution in [3.8, 4) is 28.3 Å². The van der Waals surface area contributed by atoms with Gasteiger partial charge >= 0.3 is 0 Å². The molecule has 0 bridgehead atoms. The molecule has 3 aromatic heterocycles. The molecule has 1 saturated carbocycles. The molecule has 4 heterocycles. The van der Waals surface area contributed by atoms with E-state index in [-0.39, 0.29) is 17.4 Å². The number of fused-ring (bicyclic) bond motifs is 1. The summed E-state index contributed by atoms with van der Waals surface area (Å²) in [5, 5.41) is 0. The molecule has 2 fully saturated rings. The van der Waals surface area contributed by atoms with Gasteiger partial charge in [-0.15, -0.1) is 0 Å². The molecule has 2 aliphatic rings. The third kappa shape index (κ3) is 5.02. The predicted octanol–water partition coefficient (Wildman–Crippen LogP) is 5.17. The van der Waals surface area contributed by atoms with Crippen LogP contribution in [0.15, 0.2) is 79.0 Å². The average Bonchev–Trinajstić information content (AvgIpc) is 3.42. The molecule has 224 valence electrons. The highest BCUT2D eigenvalue weighted by Crippen LogP contribution is 2.39. The number of nitrogens with zero attached hydrogens (tertiary/aromatic N) is 6. The summed E-state index contributed by atoms with van der Waals surface area (Å²) in [6.07, 6.45) is 4.87. The molecule has 4 N–H and O–H groups in total. The number of nitrogen functional groups attached to an aromatic ring is 1. The summed E-state index contributed by atoms with van der Waals surface area (Å²) in [4.78, 5) is 31.0. The quantitative estimate of drug-likeness (QED) is 0.268. The van der Waals surface area contributed by atoms with Gasteiger partial charge in [0.05, 0.1) is 17.3 Å². The number of pyridine rings is 2. The third-order valence-corrected chi connectivity index (χ3v) is 9.49. The summed E-state index contributed by atoms with van der Waals surface area (Å²) in [5.74, 6) is 1.33. The topological polar surface area (TPSA) is 119 Å². The Balaban J connectivity index is 1.26. The fraction of sp³-hybridized carbons (Fsp3) is 0.314. The monoisotopic (exact) mass is 586 g/mol. The Bertz CT molecular complexity index is 1830. The Morgan fingerprint density at radius 3 is 2.36 bits per heavy atom. The van der Waals surface area contributed by atoms with Gasteiger partial charge in [0.1, 0.15) is 17.1 Å². The van der Waals surface area contributed by atoms with Crippen LogP contribution in [0.5, 0.6) is 0 Å². The first-order valence-corrected chi connectivity index (χ1v) is 15.4. The summed E-state index contributed by atoms with van der Waals surface area (Å²) < 4.78 is 2.07. The summed E-state index contributed by atoms with van der Waals surface area (Å²) in [7, 11) is 0. The maximum Gasteiger partial charge on any atom is 0.165 e. The number of anilines is 2. The zero-order chi connectivity index (χ0) is 30.4. The second kappa shape index (κ2) is 11.2. The number of carbonyl (C=O) groups is 1. The number of nitrogens with two attached hydrogens (primary N) is 2. The average molecular weight is 587 g/mol. The third-order valence-electron chi connectivity index (χ3n) is 9.49. The highest BCUT2D eigenvalue weighted by atomic mass is 16.1. The normalized spacial score (nSPS) is 17.4. The molecule has 1 aliphatic heterocycles. The molecule has 0 amide bonds. The number of hydrogen-bond acceptors (Lipinski definition) is 8. The summed E-state index contributed by atoms with van der Waals surface area (Å²) in [6, 6.07) is 24.8. The Kier molecular flexibility index (Phi) is 7.14. The van der Waals surface area contributed by atoms with Crippen LogP contribution in [-0.2, 0) is 10.3 Å². The zero-order valence-corrected chi connectivity index (χ0v) is 25.3. The molecular formula is C35H38N8O. The van der Waals surface area contributed by atoms with Gasteiger partial charge in [-0.25, -0.2) is 15.0 Å². The maximum absolute atomic E-state index is 11.9. The largest absolute Gasteiger partial charge is 0.383 e. The lowest BCUT2D eigenvalue weighted by atomic mass is 9.73. The molecule has 9 nitrogen and oxygen atoms in total. The molecule has 44 heavy (non-hydrogen) atoms. The van der Waals surface area contributed by atoms with Crippen molar-refractivity contribution in [3.05, 3.63) is 84.6 Å². The molecule has 1 saturated heterocycles. The van der Waals surface area contributed by atoms with E-state index in [1.807, 2.05) is 31.2 Å². The van der Waals surface area contributed by atoms with Crippen LogP contribution in [0.1, 0.15) is 38.7 Å². The number of Topliss-reactive ketones (excluding diaryl/α,β-unsaturated/α-hetero) is 1. The number of aromatic nitrogens is 4. The van der Waals surface area contributed by atoms with Crippen LogP contribution >= 0.6 is 0 Å². The maximum atomic E-state index is 11.9. The van der Waals surface area contributed by atoms with Crippen LogP contribution < -0.4 is 16.4 Å². The van der Waals surface area contributed by atoms with E-state index in [0.717, 1.165) is 90.4 Å². The van der Waals surface area contributed by atoms with Crippen molar-refractivity contribution in [2.75, 3.05) is 36.8 Å². The fourth-order valence-corrected chi connectivity index (χ4v) is 6.43. The first-order chi connectivity index (χ1) is 21.3. The molecule has 9 heteroatoms. The molecule has 7 rings (SSSR count). The van der Waals surface area contributed by atoms with Gasteiger partial charge in [0, 0.05) is 54.9 Å². The molecule has 1 aliphatic carbocycles. The van der Waals surface area contributed by atoms with Crippen LogP contribution in [0.3, 0.4) is 0 Å². The van der Waals surface area contributed by atoms with E-state index in [0.29, 0.717) is 11.6 Å². The molecular weight excluding hydrogens is 548 g/mol. The predicted molar refractivity (Wildman–Crippen MR) is 176 cm³/mol. The number of ketones is 1. The van der Waals surface area contributed by atoms with Gasteiger partial charge in [0.15, 0.2) is 11.5 Å². The van der Waals surface area contributed by atoms with E-state index in [4.69, 9.17) is 21.4 Å². The smallest absolute Gasteiger partial charge is 0.165 e. The standard InChI is InChI=1S/C35H38N8O/c1-23(24(2)44)41-18-20-42(21-19-41)28-7-3-6-25(22-28)30-13-14-31-34(39-30)43(33(40-31)29-8-4-17-38-32(29)36)27-11-9-26(10-12-27)35(37)15-5-16-35/h3-4,6-14,17,22-23H,5,15-16,18-21,37H2,1-2H3,(H2,36,38). The van der Waals surface area contributed by atoms with E-state index in [1.165, 1.54) is 0 Å². The molecule has 2 aromatic carbocycles. The minimum atomic E-state index is -0.235. The lowest BCUT2D eigenvalue weighted by Crippen LogP contribution is -2.51. The van der Waals surface area contributed by atoms with E-state index >= 15 is 0 Å². The van der Waals surface area contributed by atoms with Gasteiger partial charge in [-0.1, -0.05) is 24.3 Å². The van der Waals surface area contributed by atoms with E-state index < -0.39 is 0 Å².